The van der Waals surface area contributed by atoms with Crippen LogP contribution in [0.3, 0.4) is 0 Å². The second-order valence-electron chi connectivity index (χ2n) is 5.38. The van der Waals surface area contributed by atoms with Crippen LogP contribution in [0.4, 0.5) is 0 Å². The molecule has 0 saturated heterocycles. The van der Waals surface area contributed by atoms with Crippen LogP contribution in [0, 0.1) is 13.8 Å². The van der Waals surface area contributed by atoms with Gasteiger partial charge in [0.05, 0.1) is 0 Å². The van der Waals surface area contributed by atoms with Crippen molar-refractivity contribution < 1.29 is 14.6 Å². The molecule has 1 unspecified atom stereocenters. The average Bonchev–Trinajstić information content (AvgIpc) is 2.26. The molecule has 0 saturated carbocycles. The Morgan fingerprint density at radius 1 is 1.22 bits per heavy atom. The van der Waals surface area contributed by atoms with Crippen LogP contribution in [-0.4, -0.2) is 10.00 Å². The molecule has 3 nitrogen and oxygen atoms in total. The van der Waals surface area contributed by atoms with Gasteiger partial charge < -0.3 is 5.11 Å². The minimum Gasteiger partial charge on any atom is -0.507 e. The maximum Gasteiger partial charge on any atom is 0.491 e. The van der Waals surface area contributed by atoms with Crippen LogP contribution in [0.25, 0.3) is 0 Å². The molecular weight excluding hydrogens is 247 g/mol. The lowest BCUT2D eigenvalue weighted by atomic mass is 9.82. The van der Waals surface area contributed by atoms with Crippen LogP contribution in [0.1, 0.15) is 49.9 Å². The summed E-state index contributed by atoms with van der Waals surface area (Å²) >= 11 is 0. The van der Waals surface area contributed by atoms with Gasteiger partial charge in [0.15, 0.2) is 0 Å². The Bertz CT molecular complexity index is 420. The average molecular weight is 271 g/mol. The van der Waals surface area contributed by atoms with Gasteiger partial charge in [-0.1, -0.05) is 33.8 Å². The molecule has 0 aliphatic carbocycles. The largest absolute Gasteiger partial charge is 0.507 e. The van der Waals surface area contributed by atoms with Gasteiger partial charge in [0.25, 0.3) is 0 Å². The van der Waals surface area contributed by atoms with E-state index in [-0.39, 0.29) is 5.41 Å². The van der Waals surface area contributed by atoms with Crippen molar-refractivity contribution in [1.82, 2.24) is 0 Å². The predicted octanol–water partition coefficient (Wildman–Crippen LogP) is 3.79. The first kappa shape index (κ1) is 17.1. The molecule has 0 aromatic heterocycles. The Kier molecular flexibility index (Phi) is 6.51. The Hall–Kier alpha value is -0.920. The molecule has 0 aliphatic heterocycles. The summed E-state index contributed by atoms with van der Waals surface area (Å²) in [4.78, 5) is 7.04. The molecule has 0 fully saturated rings. The Balaban J connectivity index is 0.000000873. The monoisotopic (exact) mass is 271 g/mol. The maximum absolute atomic E-state index is 10.1. The molecule has 1 aromatic rings. The number of hydrogen-bond donors (Lipinski definition) is 2. The van der Waals surface area contributed by atoms with Gasteiger partial charge in [-0.25, -0.2) is 0 Å². The molecule has 2 N–H and O–H groups in total. The van der Waals surface area contributed by atoms with E-state index < -0.39 is 8.69 Å². The lowest BCUT2D eigenvalue weighted by molar-refractivity contribution is 0.441. The third-order valence-corrected chi connectivity index (χ3v) is 3.16. The normalized spacial score (nSPS) is 11.1. The van der Waals surface area contributed by atoms with Crippen LogP contribution in [-0.2, 0) is 16.4 Å². The van der Waals surface area contributed by atoms with E-state index in [4.69, 9.17) is 9.46 Å². The van der Waals surface area contributed by atoms with E-state index in [1.807, 2.05) is 6.92 Å². The molecule has 1 atom stereocenters. The van der Waals surface area contributed by atoms with Gasteiger partial charge in [-0.2, -0.15) is 4.89 Å². The molecule has 18 heavy (non-hydrogen) atoms. The zero-order valence-corrected chi connectivity index (χ0v) is 13.1. The number of phenols is 1. The summed E-state index contributed by atoms with van der Waals surface area (Å²) in [6.07, 6.45) is 1.02. The van der Waals surface area contributed by atoms with Crippen molar-refractivity contribution in [3.63, 3.8) is 0 Å². The van der Waals surface area contributed by atoms with E-state index in [9.17, 15) is 5.11 Å². The van der Waals surface area contributed by atoms with Gasteiger partial charge >= 0.3 is 8.69 Å². The second kappa shape index (κ2) is 6.86. The topological polar surface area (TPSA) is 57.5 Å². The van der Waals surface area contributed by atoms with Gasteiger partial charge in [-0.15, -0.1) is 0 Å². The summed E-state index contributed by atoms with van der Waals surface area (Å²) in [7, 11) is -1.17. The SMILES string of the molecule is CCc1cc(C(C)(C)C)c(O)c(C)c1C.O=[PH+]O. The standard InChI is InChI=1S/C14H22O.HO2P/c1-7-11-8-12(14(4,5)6)13(15)10(3)9(11)2;1-3-2/h8,15H,7H2,1-6H3;3H/p+1. The Morgan fingerprint density at radius 3 is 2.00 bits per heavy atom. The first-order chi connectivity index (χ1) is 8.20. The fourth-order valence-corrected chi connectivity index (χ4v) is 1.91. The first-order valence-corrected chi connectivity index (χ1v) is 6.89. The number of phenolic OH excluding ortho intramolecular Hbond substituents is 1. The van der Waals surface area contributed by atoms with Gasteiger partial charge in [0, 0.05) is 0 Å². The highest BCUT2D eigenvalue weighted by atomic mass is 31.1. The summed E-state index contributed by atoms with van der Waals surface area (Å²) in [6.45, 7) is 12.6. The third-order valence-electron chi connectivity index (χ3n) is 3.16. The summed E-state index contributed by atoms with van der Waals surface area (Å²) in [5.74, 6) is 0.470. The van der Waals surface area contributed by atoms with Crippen molar-refractivity contribution in [2.75, 3.05) is 0 Å². The Morgan fingerprint density at radius 2 is 1.67 bits per heavy atom. The van der Waals surface area contributed by atoms with Gasteiger partial charge in [-0.05, 0) is 52.5 Å². The van der Waals surface area contributed by atoms with Crippen molar-refractivity contribution in [3.8, 4) is 5.75 Å². The summed E-state index contributed by atoms with van der Waals surface area (Å²) in [5, 5.41) is 10.1. The molecule has 1 rings (SSSR count). The number of hydrogen-bond acceptors (Lipinski definition) is 2. The molecule has 0 heterocycles. The highest BCUT2D eigenvalue weighted by Crippen LogP contribution is 2.36. The van der Waals surface area contributed by atoms with E-state index in [1.54, 1.807) is 0 Å². The van der Waals surface area contributed by atoms with Crippen LogP contribution < -0.4 is 0 Å². The van der Waals surface area contributed by atoms with Crippen LogP contribution in [0.15, 0.2) is 6.07 Å². The predicted molar refractivity (Wildman–Crippen MR) is 76.9 cm³/mol. The van der Waals surface area contributed by atoms with Gasteiger partial charge in [0.2, 0.25) is 0 Å². The maximum atomic E-state index is 10.1. The second-order valence-corrected chi connectivity index (χ2v) is 5.56. The zero-order valence-electron chi connectivity index (χ0n) is 12.1. The molecule has 0 aliphatic rings. The fourth-order valence-electron chi connectivity index (χ4n) is 1.91. The summed E-state index contributed by atoms with van der Waals surface area (Å²) in [5.41, 5.74) is 4.66. The summed E-state index contributed by atoms with van der Waals surface area (Å²) in [6, 6.07) is 2.15. The minimum atomic E-state index is -1.17. The molecule has 1 aromatic carbocycles. The van der Waals surface area contributed by atoms with Crippen LogP contribution in [0.5, 0.6) is 5.75 Å². The Labute approximate surface area is 111 Å². The van der Waals surface area contributed by atoms with Crippen molar-refractivity contribution in [1.29, 1.82) is 0 Å². The minimum absolute atomic E-state index is 0.00641. The van der Waals surface area contributed by atoms with E-state index >= 15 is 0 Å². The van der Waals surface area contributed by atoms with Crippen molar-refractivity contribution in [2.24, 2.45) is 0 Å². The highest BCUT2D eigenvalue weighted by molar-refractivity contribution is 7.16. The van der Waals surface area contributed by atoms with E-state index in [2.05, 4.69) is 40.7 Å². The lowest BCUT2D eigenvalue weighted by Gasteiger charge is -2.24. The summed E-state index contributed by atoms with van der Waals surface area (Å²) < 4.78 is 8.51. The van der Waals surface area contributed by atoms with E-state index in [1.165, 1.54) is 11.1 Å². The van der Waals surface area contributed by atoms with E-state index in [0.717, 1.165) is 17.5 Å². The zero-order chi connectivity index (χ0) is 14.5. The van der Waals surface area contributed by atoms with Gasteiger partial charge in [-0.3, -0.25) is 0 Å². The fraction of sp³-hybridized carbons (Fsp3) is 0.571. The van der Waals surface area contributed by atoms with Gasteiger partial charge in [0.1, 0.15) is 5.75 Å². The number of aromatic hydroxyl groups is 1. The van der Waals surface area contributed by atoms with Crippen molar-refractivity contribution in [3.05, 3.63) is 28.3 Å². The number of benzene rings is 1. The molecule has 4 heteroatoms. The molecule has 102 valence electrons. The van der Waals surface area contributed by atoms with Crippen molar-refractivity contribution in [2.45, 2.75) is 53.4 Å². The molecule has 0 spiro atoms. The molecular formula is C14H24O3P+. The number of rotatable bonds is 1. The van der Waals surface area contributed by atoms with Crippen molar-refractivity contribution >= 4 is 8.69 Å². The number of aryl methyl sites for hydroxylation is 1. The molecule has 0 bridgehead atoms. The van der Waals surface area contributed by atoms with Crippen LogP contribution in [0.2, 0.25) is 0 Å². The first-order valence-electron chi connectivity index (χ1n) is 6.04. The molecule has 0 amide bonds. The third kappa shape index (κ3) is 4.08. The quantitative estimate of drug-likeness (QED) is 0.764. The molecule has 0 radical (unpaired) electrons. The van der Waals surface area contributed by atoms with E-state index in [0.29, 0.717) is 5.75 Å². The van der Waals surface area contributed by atoms with Crippen LogP contribution >= 0.6 is 8.69 Å². The lowest BCUT2D eigenvalue weighted by Crippen LogP contribution is -2.13. The smallest absolute Gasteiger partial charge is 0.491 e. The highest BCUT2D eigenvalue weighted by Gasteiger charge is 2.21.